The zero-order chi connectivity index (χ0) is 11.9. The lowest BCUT2D eigenvalue weighted by Gasteiger charge is -2.20. The van der Waals surface area contributed by atoms with Crippen molar-refractivity contribution in [2.75, 3.05) is 11.9 Å². The van der Waals surface area contributed by atoms with Gasteiger partial charge in [0.1, 0.15) is 10.7 Å². The molecule has 17 heavy (non-hydrogen) atoms. The first-order valence-electron chi connectivity index (χ1n) is 6.57. The smallest absolute Gasteiger partial charge is 0.134 e. The molecule has 0 saturated heterocycles. The summed E-state index contributed by atoms with van der Waals surface area (Å²) in [4.78, 5) is 0. The number of nitrogens with zero attached hydrogens (tertiary/aromatic N) is 2. The van der Waals surface area contributed by atoms with Crippen LogP contribution in [0.25, 0.3) is 0 Å². The first kappa shape index (κ1) is 13.1. The highest BCUT2D eigenvalue weighted by Crippen LogP contribution is 2.32. The van der Waals surface area contributed by atoms with Crippen molar-refractivity contribution in [3.8, 4) is 0 Å². The maximum absolute atomic E-state index is 4.24. The Morgan fingerprint density at radius 1 is 1.35 bits per heavy atom. The van der Waals surface area contributed by atoms with E-state index in [2.05, 4.69) is 33.6 Å². The number of aromatic nitrogens is 2. The van der Waals surface area contributed by atoms with Crippen LogP contribution in [0.5, 0.6) is 0 Å². The summed E-state index contributed by atoms with van der Waals surface area (Å²) in [5, 5.41) is 9.68. The molecule has 0 aromatic carbocycles. The van der Waals surface area contributed by atoms with Crippen LogP contribution in [0, 0.1) is 0 Å². The van der Waals surface area contributed by atoms with Crippen molar-refractivity contribution in [3.63, 3.8) is 0 Å². The summed E-state index contributed by atoms with van der Waals surface area (Å²) >= 11 is 3.56. The molecule has 0 radical (unpaired) electrons. The summed E-state index contributed by atoms with van der Waals surface area (Å²) < 4.78 is 4.05. The summed E-state index contributed by atoms with van der Waals surface area (Å²) in [6.07, 6.45) is 8.17. The normalized spacial score (nSPS) is 17.2. The van der Waals surface area contributed by atoms with Gasteiger partial charge >= 0.3 is 0 Å². The number of thioether (sulfide) groups is 1. The third-order valence-corrected chi connectivity index (χ3v) is 5.21. The van der Waals surface area contributed by atoms with E-state index < -0.39 is 0 Å². The Bertz CT molecular complexity index is 321. The molecular weight excluding hydrogens is 250 g/mol. The molecule has 0 amide bonds. The van der Waals surface area contributed by atoms with Gasteiger partial charge in [-0.05, 0) is 19.3 Å². The standard InChI is InChI=1S/C12H21N3S2/c1-2-8-13-12-11(14-15-17-12)9-16-10-6-4-3-5-7-10/h10,13H,2-9H2,1H3. The van der Waals surface area contributed by atoms with E-state index in [1.54, 1.807) is 0 Å². The van der Waals surface area contributed by atoms with Crippen LogP contribution in [-0.2, 0) is 5.75 Å². The Morgan fingerprint density at radius 3 is 2.94 bits per heavy atom. The number of anilines is 1. The fraction of sp³-hybridized carbons (Fsp3) is 0.833. The van der Waals surface area contributed by atoms with E-state index >= 15 is 0 Å². The molecule has 1 saturated carbocycles. The Balaban J connectivity index is 1.79. The minimum atomic E-state index is 0.851. The van der Waals surface area contributed by atoms with Crippen LogP contribution in [0.4, 0.5) is 5.00 Å². The molecule has 2 rings (SSSR count). The first-order valence-corrected chi connectivity index (χ1v) is 8.39. The zero-order valence-electron chi connectivity index (χ0n) is 10.4. The summed E-state index contributed by atoms with van der Waals surface area (Å²) in [7, 11) is 0. The topological polar surface area (TPSA) is 37.8 Å². The van der Waals surface area contributed by atoms with Crippen LogP contribution in [0.1, 0.15) is 51.1 Å². The number of hydrogen-bond acceptors (Lipinski definition) is 5. The fourth-order valence-electron chi connectivity index (χ4n) is 2.10. The molecular formula is C12H21N3S2. The van der Waals surface area contributed by atoms with E-state index in [0.717, 1.165) is 29.7 Å². The molecule has 96 valence electrons. The molecule has 1 aromatic rings. The van der Waals surface area contributed by atoms with E-state index in [1.807, 2.05) is 0 Å². The SMILES string of the molecule is CCCNc1snnc1CSC1CCCCC1. The lowest BCUT2D eigenvalue weighted by molar-refractivity contribution is 0.516. The third kappa shape index (κ3) is 4.14. The van der Waals surface area contributed by atoms with E-state index in [-0.39, 0.29) is 0 Å². The second kappa shape index (κ2) is 7.21. The average molecular weight is 271 g/mol. The maximum Gasteiger partial charge on any atom is 0.134 e. The monoisotopic (exact) mass is 271 g/mol. The van der Waals surface area contributed by atoms with Crippen LogP contribution in [-0.4, -0.2) is 21.4 Å². The number of nitrogens with one attached hydrogen (secondary N) is 1. The van der Waals surface area contributed by atoms with Crippen molar-refractivity contribution in [3.05, 3.63) is 5.69 Å². The summed E-state index contributed by atoms with van der Waals surface area (Å²) in [6.45, 7) is 3.20. The first-order chi connectivity index (χ1) is 8.40. The lowest BCUT2D eigenvalue weighted by atomic mass is 10.0. The molecule has 0 aliphatic heterocycles. The largest absolute Gasteiger partial charge is 0.374 e. The van der Waals surface area contributed by atoms with Crippen molar-refractivity contribution < 1.29 is 0 Å². The summed E-state index contributed by atoms with van der Waals surface area (Å²) in [5.74, 6) is 1.02. The number of hydrogen-bond donors (Lipinski definition) is 1. The molecule has 3 nitrogen and oxygen atoms in total. The van der Waals surface area contributed by atoms with Crippen molar-refractivity contribution in [2.24, 2.45) is 0 Å². The van der Waals surface area contributed by atoms with Crippen molar-refractivity contribution in [1.82, 2.24) is 9.59 Å². The quantitative estimate of drug-likeness (QED) is 0.851. The summed E-state index contributed by atoms with van der Waals surface area (Å²) in [6, 6.07) is 0. The number of rotatable bonds is 6. The Morgan fingerprint density at radius 2 is 2.18 bits per heavy atom. The van der Waals surface area contributed by atoms with Crippen LogP contribution in [0.2, 0.25) is 0 Å². The molecule has 0 unspecified atom stereocenters. The van der Waals surface area contributed by atoms with Gasteiger partial charge in [-0.1, -0.05) is 30.7 Å². The van der Waals surface area contributed by atoms with Crippen LogP contribution >= 0.6 is 23.3 Å². The van der Waals surface area contributed by atoms with Gasteiger partial charge in [0, 0.05) is 29.1 Å². The molecule has 1 N–H and O–H groups in total. The predicted octanol–water partition coefficient (Wildman–Crippen LogP) is 3.93. The second-order valence-electron chi connectivity index (χ2n) is 4.55. The van der Waals surface area contributed by atoms with Crippen molar-refractivity contribution in [2.45, 2.75) is 56.5 Å². The van der Waals surface area contributed by atoms with Crippen LogP contribution in [0.3, 0.4) is 0 Å². The molecule has 0 bridgehead atoms. The van der Waals surface area contributed by atoms with Gasteiger partial charge in [0.15, 0.2) is 0 Å². The van der Waals surface area contributed by atoms with Crippen LogP contribution < -0.4 is 5.32 Å². The maximum atomic E-state index is 4.24. The van der Waals surface area contributed by atoms with E-state index in [4.69, 9.17) is 0 Å². The average Bonchev–Trinajstić information content (AvgIpc) is 2.82. The van der Waals surface area contributed by atoms with Gasteiger partial charge < -0.3 is 5.32 Å². The minimum absolute atomic E-state index is 0.851. The summed E-state index contributed by atoms with van der Waals surface area (Å²) in [5.41, 5.74) is 1.15. The highest BCUT2D eigenvalue weighted by molar-refractivity contribution is 7.99. The molecule has 0 spiro atoms. The van der Waals surface area contributed by atoms with E-state index in [0.29, 0.717) is 0 Å². The highest BCUT2D eigenvalue weighted by Gasteiger charge is 2.15. The Labute approximate surface area is 112 Å². The Kier molecular flexibility index (Phi) is 5.58. The van der Waals surface area contributed by atoms with Gasteiger partial charge in [-0.3, -0.25) is 0 Å². The molecule has 0 atom stereocenters. The predicted molar refractivity (Wildman–Crippen MR) is 76.9 cm³/mol. The van der Waals surface area contributed by atoms with Crippen molar-refractivity contribution >= 4 is 28.3 Å². The van der Waals surface area contributed by atoms with Gasteiger partial charge in [0.05, 0.1) is 0 Å². The van der Waals surface area contributed by atoms with E-state index in [1.165, 1.54) is 48.6 Å². The van der Waals surface area contributed by atoms with Crippen LogP contribution in [0.15, 0.2) is 0 Å². The minimum Gasteiger partial charge on any atom is -0.374 e. The molecule has 5 heteroatoms. The lowest BCUT2D eigenvalue weighted by Crippen LogP contribution is -2.08. The third-order valence-electron chi connectivity index (χ3n) is 3.10. The van der Waals surface area contributed by atoms with Gasteiger partial charge in [0.25, 0.3) is 0 Å². The van der Waals surface area contributed by atoms with E-state index in [9.17, 15) is 0 Å². The molecule has 1 fully saturated rings. The fourth-order valence-corrected chi connectivity index (χ4v) is 4.06. The van der Waals surface area contributed by atoms with Gasteiger partial charge in [-0.25, -0.2) is 0 Å². The molecule has 1 aromatic heterocycles. The van der Waals surface area contributed by atoms with Gasteiger partial charge in [-0.2, -0.15) is 11.8 Å². The highest BCUT2D eigenvalue weighted by atomic mass is 32.2. The zero-order valence-corrected chi connectivity index (χ0v) is 12.1. The second-order valence-corrected chi connectivity index (χ2v) is 6.59. The van der Waals surface area contributed by atoms with Crippen molar-refractivity contribution in [1.29, 1.82) is 0 Å². The van der Waals surface area contributed by atoms with Gasteiger partial charge in [-0.15, -0.1) is 5.10 Å². The van der Waals surface area contributed by atoms with Gasteiger partial charge in [0.2, 0.25) is 0 Å². The molecule has 1 aliphatic carbocycles. The molecule has 1 aliphatic rings. The molecule has 1 heterocycles. The Hall–Kier alpha value is -0.290.